The second-order valence-corrected chi connectivity index (χ2v) is 7.80. The van der Waals surface area contributed by atoms with E-state index in [4.69, 9.17) is 9.47 Å². The zero-order valence-electron chi connectivity index (χ0n) is 17.5. The molecule has 28 heavy (non-hydrogen) atoms. The lowest BCUT2D eigenvalue weighted by atomic mass is 9.87. The average Bonchev–Trinajstić information content (AvgIpc) is 2.66. The Labute approximate surface area is 167 Å². The molecule has 5 nitrogen and oxygen atoms in total. The SMILES string of the molecule is CC[C@@H](Oc1ccc(C(C)(C)C)cc1)C(=O)Nc1cc(C(=O)OC)ccc1C. The molecular weight excluding hydrogens is 354 g/mol. The fourth-order valence-electron chi connectivity index (χ4n) is 2.73. The maximum atomic E-state index is 12.7. The van der Waals surface area contributed by atoms with Gasteiger partial charge >= 0.3 is 5.97 Å². The molecule has 0 aliphatic rings. The zero-order chi connectivity index (χ0) is 20.9. The van der Waals surface area contributed by atoms with Crippen LogP contribution in [0.5, 0.6) is 5.75 Å². The van der Waals surface area contributed by atoms with E-state index >= 15 is 0 Å². The number of amides is 1. The van der Waals surface area contributed by atoms with Gasteiger partial charge in [-0.15, -0.1) is 0 Å². The summed E-state index contributed by atoms with van der Waals surface area (Å²) in [5.74, 6) is -0.0553. The lowest BCUT2D eigenvalue weighted by Gasteiger charge is -2.21. The van der Waals surface area contributed by atoms with Gasteiger partial charge in [0.25, 0.3) is 5.91 Å². The van der Waals surface area contributed by atoms with E-state index in [1.54, 1.807) is 18.2 Å². The molecule has 0 saturated carbocycles. The zero-order valence-corrected chi connectivity index (χ0v) is 17.5. The number of hydrogen-bond donors (Lipinski definition) is 1. The molecule has 0 fully saturated rings. The highest BCUT2D eigenvalue weighted by Crippen LogP contribution is 2.25. The summed E-state index contributed by atoms with van der Waals surface area (Å²) in [7, 11) is 1.33. The predicted octanol–water partition coefficient (Wildman–Crippen LogP) is 4.88. The summed E-state index contributed by atoms with van der Waals surface area (Å²) in [6.07, 6.45) is -0.121. The van der Waals surface area contributed by atoms with Gasteiger partial charge in [-0.3, -0.25) is 4.79 Å². The van der Waals surface area contributed by atoms with Crippen molar-refractivity contribution >= 4 is 17.6 Å². The molecule has 2 aromatic rings. The van der Waals surface area contributed by atoms with Crippen LogP contribution >= 0.6 is 0 Å². The molecule has 1 N–H and O–H groups in total. The number of rotatable bonds is 6. The Morgan fingerprint density at radius 3 is 2.25 bits per heavy atom. The number of carbonyl (C=O) groups is 2. The minimum Gasteiger partial charge on any atom is -0.481 e. The molecule has 0 saturated heterocycles. The van der Waals surface area contributed by atoms with E-state index in [0.717, 1.165) is 5.56 Å². The van der Waals surface area contributed by atoms with Crippen LogP contribution in [-0.4, -0.2) is 25.1 Å². The van der Waals surface area contributed by atoms with E-state index in [-0.39, 0.29) is 11.3 Å². The first-order valence-electron chi connectivity index (χ1n) is 9.42. The van der Waals surface area contributed by atoms with Gasteiger partial charge in [0.2, 0.25) is 0 Å². The number of benzene rings is 2. The van der Waals surface area contributed by atoms with Crippen LogP contribution in [0.2, 0.25) is 0 Å². The van der Waals surface area contributed by atoms with Crippen molar-refractivity contribution in [2.24, 2.45) is 0 Å². The maximum absolute atomic E-state index is 12.7. The van der Waals surface area contributed by atoms with Gasteiger partial charge in [0.15, 0.2) is 6.10 Å². The van der Waals surface area contributed by atoms with Crippen molar-refractivity contribution in [1.29, 1.82) is 0 Å². The molecule has 1 atom stereocenters. The lowest BCUT2D eigenvalue weighted by Crippen LogP contribution is -2.32. The third-order valence-corrected chi connectivity index (χ3v) is 4.58. The fraction of sp³-hybridized carbons (Fsp3) is 0.391. The first-order chi connectivity index (χ1) is 13.2. The molecule has 0 radical (unpaired) electrons. The Kier molecular flexibility index (Phi) is 6.84. The highest BCUT2D eigenvalue weighted by atomic mass is 16.5. The van der Waals surface area contributed by atoms with Gasteiger partial charge in [-0.2, -0.15) is 0 Å². The number of esters is 1. The van der Waals surface area contributed by atoms with Gasteiger partial charge in [-0.25, -0.2) is 4.79 Å². The number of hydrogen-bond acceptors (Lipinski definition) is 4. The van der Waals surface area contributed by atoms with Gasteiger partial charge in [0, 0.05) is 5.69 Å². The predicted molar refractivity (Wildman–Crippen MR) is 111 cm³/mol. The Morgan fingerprint density at radius 1 is 1.07 bits per heavy atom. The summed E-state index contributed by atoms with van der Waals surface area (Å²) in [6, 6.07) is 12.9. The molecule has 0 bridgehead atoms. The Bertz CT molecular complexity index is 835. The molecule has 0 heterocycles. The lowest BCUT2D eigenvalue weighted by molar-refractivity contribution is -0.122. The van der Waals surface area contributed by atoms with Gasteiger partial charge < -0.3 is 14.8 Å². The van der Waals surface area contributed by atoms with E-state index < -0.39 is 12.1 Å². The van der Waals surface area contributed by atoms with E-state index in [0.29, 0.717) is 23.4 Å². The highest BCUT2D eigenvalue weighted by molar-refractivity contribution is 5.97. The van der Waals surface area contributed by atoms with Crippen molar-refractivity contribution in [2.75, 3.05) is 12.4 Å². The first-order valence-corrected chi connectivity index (χ1v) is 9.42. The number of carbonyl (C=O) groups excluding carboxylic acids is 2. The van der Waals surface area contributed by atoms with Crippen LogP contribution in [-0.2, 0) is 14.9 Å². The standard InChI is InChI=1S/C23H29NO4/c1-7-20(28-18-12-10-17(11-13-18)23(3,4)5)21(25)24-19-14-16(22(26)27-6)9-8-15(19)2/h8-14,20H,7H2,1-6H3,(H,24,25)/t20-/m1/s1. The van der Waals surface area contributed by atoms with E-state index in [2.05, 4.69) is 26.1 Å². The molecule has 1 amide bonds. The third kappa shape index (κ3) is 5.35. The minimum atomic E-state index is -0.637. The monoisotopic (exact) mass is 383 g/mol. The highest BCUT2D eigenvalue weighted by Gasteiger charge is 2.20. The van der Waals surface area contributed by atoms with Crippen LogP contribution in [0, 0.1) is 6.92 Å². The van der Waals surface area contributed by atoms with Crippen LogP contribution in [0.3, 0.4) is 0 Å². The number of aryl methyl sites for hydroxylation is 1. The fourth-order valence-corrected chi connectivity index (χ4v) is 2.73. The number of nitrogens with one attached hydrogen (secondary N) is 1. The topological polar surface area (TPSA) is 64.6 Å². The summed E-state index contributed by atoms with van der Waals surface area (Å²) in [5.41, 5.74) is 3.06. The van der Waals surface area contributed by atoms with E-state index in [9.17, 15) is 9.59 Å². The molecule has 0 aliphatic heterocycles. The Hall–Kier alpha value is -2.82. The molecule has 0 aromatic heterocycles. The summed E-state index contributed by atoms with van der Waals surface area (Å²) in [5, 5.41) is 2.86. The van der Waals surface area contributed by atoms with E-state index in [1.165, 1.54) is 12.7 Å². The van der Waals surface area contributed by atoms with Crippen molar-refractivity contribution in [3.8, 4) is 5.75 Å². The van der Waals surface area contributed by atoms with Crippen molar-refractivity contribution in [1.82, 2.24) is 0 Å². The van der Waals surface area contributed by atoms with Gasteiger partial charge in [0.05, 0.1) is 12.7 Å². The molecule has 5 heteroatoms. The largest absolute Gasteiger partial charge is 0.481 e. The summed E-state index contributed by atoms with van der Waals surface area (Å²) < 4.78 is 10.6. The smallest absolute Gasteiger partial charge is 0.337 e. The van der Waals surface area contributed by atoms with Crippen molar-refractivity contribution < 1.29 is 19.1 Å². The first kappa shape index (κ1) is 21.5. The van der Waals surface area contributed by atoms with Crippen LogP contribution in [0.25, 0.3) is 0 Å². The number of ether oxygens (including phenoxy) is 2. The van der Waals surface area contributed by atoms with Crippen molar-refractivity contribution in [2.45, 2.75) is 52.6 Å². The molecule has 0 spiro atoms. The van der Waals surface area contributed by atoms with Crippen molar-refractivity contribution in [3.05, 3.63) is 59.2 Å². The molecule has 0 unspecified atom stereocenters. The third-order valence-electron chi connectivity index (χ3n) is 4.58. The summed E-state index contributed by atoms with van der Waals surface area (Å²) >= 11 is 0. The van der Waals surface area contributed by atoms with Crippen molar-refractivity contribution in [3.63, 3.8) is 0 Å². The molecular formula is C23H29NO4. The molecule has 2 rings (SSSR count). The van der Waals surface area contributed by atoms with Gasteiger partial charge in [-0.05, 0) is 54.2 Å². The molecule has 150 valence electrons. The summed E-state index contributed by atoms with van der Waals surface area (Å²) in [6.45, 7) is 10.2. The quantitative estimate of drug-likeness (QED) is 0.723. The molecule has 0 aliphatic carbocycles. The van der Waals surface area contributed by atoms with Crippen LogP contribution < -0.4 is 10.1 Å². The van der Waals surface area contributed by atoms with Gasteiger partial charge in [0.1, 0.15) is 5.75 Å². The van der Waals surface area contributed by atoms with Crippen LogP contribution in [0.1, 0.15) is 55.6 Å². The second kappa shape index (κ2) is 8.91. The Morgan fingerprint density at radius 2 is 1.71 bits per heavy atom. The van der Waals surface area contributed by atoms with Crippen LogP contribution in [0.4, 0.5) is 5.69 Å². The van der Waals surface area contributed by atoms with Gasteiger partial charge in [-0.1, -0.05) is 45.9 Å². The summed E-state index contributed by atoms with van der Waals surface area (Å²) in [4.78, 5) is 24.5. The van der Waals surface area contributed by atoms with Crippen LogP contribution in [0.15, 0.2) is 42.5 Å². The normalized spacial score (nSPS) is 12.2. The average molecular weight is 383 g/mol. The molecule has 2 aromatic carbocycles. The van der Waals surface area contributed by atoms with E-state index in [1.807, 2.05) is 38.1 Å². The Balaban J connectivity index is 2.13. The second-order valence-electron chi connectivity index (χ2n) is 7.80. The number of methoxy groups -OCH3 is 1. The minimum absolute atomic E-state index is 0.0578. The maximum Gasteiger partial charge on any atom is 0.337 e. The number of anilines is 1.